The van der Waals surface area contributed by atoms with Crippen molar-refractivity contribution in [1.29, 1.82) is 0 Å². The molecule has 4 heteroatoms. The number of hydrogen-bond acceptors (Lipinski definition) is 2. The summed E-state index contributed by atoms with van der Waals surface area (Å²) in [5, 5.41) is 3.63. The molecule has 4 nitrogen and oxygen atoms in total. The summed E-state index contributed by atoms with van der Waals surface area (Å²) >= 11 is 0. The molecule has 0 aliphatic heterocycles. The average Bonchev–Trinajstić information content (AvgIpc) is 4.07. The van der Waals surface area contributed by atoms with Crippen molar-refractivity contribution in [2.45, 2.75) is 5.41 Å². The quantitative estimate of drug-likeness (QED) is 0.152. The van der Waals surface area contributed by atoms with E-state index in [2.05, 4.69) is 251 Å². The van der Waals surface area contributed by atoms with Crippen molar-refractivity contribution in [3.63, 3.8) is 0 Å². The first-order valence-corrected chi connectivity index (χ1v) is 22.6. The smallest absolute Gasteiger partial charge is 0.0714 e. The summed E-state index contributed by atoms with van der Waals surface area (Å²) in [6.07, 6.45) is 4.06. The predicted molar refractivity (Wildman–Crippen MR) is 273 cm³/mol. The Morgan fingerprint density at radius 2 is 0.970 bits per heavy atom. The van der Waals surface area contributed by atoms with Crippen molar-refractivity contribution in [1.82, 2.24) is 14.1 Å². The Kier molecular flexibility index (Phi) is 8.72. The van der Waals surface area contributed by atoms with Gasteiger partial charge in [-0.3, -0.25) is 4.98 Å². The van der Waals surface area contributed by atoms with Crippen LogP contribution in [0.1, 0.15) is 22.3 Å². The van der Waals surface area contributed by atoms with E-state index in [-0.39, 0.29) is 0 Å². The van der Waals surface area contributed by atoms with Crippen molar-refractivity contribution in [2.75, 3.05) is 4.90 Å². The highest BCUT2D eigenvalue weighted by atomic mass is 15.1. The largest absolute Gasteiger partial charge is 0.317 e. The van der Waals surface area contributed by atoms with Crippen LogP contribution in [-0.2, 0) is 5.41 Å². The SMILES string of the molecule is c1ccc(-n2ccc3c4c5cc(N(c6ccc(-c7ccccn7)cc6)c6ccc7c(c6)C(c6ccccc6)(c6ccccc6)c6ccccc6-7)ccc5n(-c5ccccc5)c4ccc32)cc1. The molecule has 0 spiro atoms. The molecule has 1 aliphatic rings. The zero-order valence-electron chi connectivity index (χ0n) is 36.0. The second-order valence-electron chi connectivity index (χ2n) is 17.1. The van der Waals surface area contributed by atoms with Crippen LogP contribution in [-0.4, -0.2) is 14.1 Å². The Hall–Kier alpha value is -8.73. The molecular weight excluding hydrogens is 801 g/mol. The van der Waals surface area contributed by atoms with Crippen LogP contribution in [0.5, 0.6) is 0 Å². The van der Waals surface area contributed by atoms with Gasteiger partial charge in [0.1, 0.15) is 0 Å². The molecule has 0 fully saturated rings. The van der Waals surface area contributed by atoms with Gasteiger partial charge in [-0.15, -0.1) is 0 Å². The van der Waals surface area contributed by atoms with Crippen molar-refractivity contribution in [3.05, 3.63) is 277 Å². The van der Waals surface area contributed by atoms with E-state index in [9.17, 15) is 0 Å². The lowest BCUT2D eigenvalue weighted by Gasteiger charge is -2.35. The summed E-state index contributed by atoms with van der Waals surface area (Å²) in [5.41, 5.74) is 18.0. The second kappa shape index (κ2) is 15.2. The zero-order chi connectivity index (χ0) is 43.6. The lowest BCUT2D eigenvalue weighted by atomic mass is 9.67. The summed E-state index contributed by atoms with van der Waals surface area (Å²) in [6, 6.07) is 88.4. The van der Waals surface area contributed by atoms with Gasteiger partial charge < -0.3 is 14.0 Å². The first-order chi connectivity index (χ1) is 32.8. The van der Waals surface area contributed by atoms with Crippen molar-refractivity contribution >= 4 is 49.8 Å². The number of benzene rings is 9. The molecule has 0 saturated heterocycles. The number of nitrogens with zero attached hydrogens (tertiary/aromatic N) is 4. The maximum atomic E-state index is 4.69. The van der Waals surface area contributed by atoms with Gasteiger partial charge in [0.2, 0.25) is 0 Å². The molecule has 0 amide bonds. The van der Waals surface area contributed by atoms with Crippen LogP contribution in [0.4, 0.5) is 17.1 Å². The van der Waals surface area contributed by atoms with Gasteiger partial charge in [-0.05, 0) is 130 Å². The molecule has 9 aromatic carbocycles. The minimum Gasteiger partial charge on any atom is -0.317 e. The fraction of sp³-hybridized carbons (Fsp3) is 0.0161. The van der Waals surface area contributed by atoms with Crippen LogP contribution < -0.4 is 4.90 Å². The third-order valence-electron chi connectivity index (χ3n) is 13.7. The molecule has 0 N–H and O–H groups in total. The van der Waals surface area contributed by atoms with Crippen LogP contribution >= 0.6 is 0 Å². The number of aromatic nitrogens is 3. The molecule has 3 aromatic heterocycles. The van der Waals surface area contributed by atoms with E-state index in [1.54, 1.807) is 0 Å². The molecule has 12 aromatic rings. The molecule has 1 aliphatic carbocycles. The molecule has 0 radical (unpaired) electrons. The molecule has 0 atom stereocenters. The average molecular weight is 843 g/mol. The van der Waals surface area contributed by atoms with E-state index < -0.39 is 5.41 Å². The van der Waals surface area contributed by atoms with Crippen LogP contribution in [0.2, 0.25) is 0 Å². The van der Waals surface area contributed by atoms with E-state index in [4.69, 9.17) is 4.98 Å². The van der Waals surface area contributed by atoms with Crippen molar-refractivity contribution in [3.8, 4) is 33.8 Å². The van der Waals surface area contributed by atoms with Crippen molar-refractivity contribution < 1.29 is 0 Å². The summed E-state index contributed by atoms with van der Waals surface area (Å²) in [5.74, 6) is 0. The first-order valence-electron chi connectivity index (χ1n) is 22.6. The first kappa shape index (κ1) is 37.8. The normalized spacial score (nSPS) is 12.7. The van der Waals surface area contributed by atoms with Gasteiger partial charge in [0.05, 0.1) is 27.7 Å². The summed E-state index contributed by atoms with van der Waals surface area (Å²) in [7, 11) is 0. The fourth-order valence-electron chi connectivity index (χ4n) is 10.9. The molecule has 0 unspecified atom stereocenters. The maximum absolute atomic E-state index is 4.69. The van der Waals surface area contributed by atoms with Gasteiger partial charge in [0, 0.05) is 62.6 Å². The molecule has 66 heavy (non-hydrogen) atoms. The van der Waals surface area contributed by atoms with Gasteiger partial charge in [-0.2, -0.15) is 0 Å². The molecule has 3 heterocycles. The van der Waals surface area contributed by atoms with Gasteiger partial charge >= 0.3 is 0 Å². The number of hydrogen-bond donors (Lipinski definition) is 0. The highest BCUT2D eigenvalue weighted by molar-refractivity contribution is 6.22. The summed E-state index contributed by atoms with van der Waals surface area (Å²) < 4.78 is 4.72. The van der Waals surface area contributed by atoms with E-state index in [0.29, 0.717) is 0 Å². The van der Waals surface area contributed by atoms with Crippen molar-refractivity contribution in [2.24, 2.45) is 0 Å². The van der Waals surface area contributed by atoms with E-state index >= 15 is 0 Å². The number of pyridine rings is 1. The Labute approximate surface area is 383 Å². The minimum atomic E-state index is -0.538. The lowest BCUT2D eigenvalue weighted by Crippen LogP contribution is -2.28. The monoisotopic (exact) mass is 842 g/mol. The van der Waals surface area contributed by atoms with Gasteiger partial charge in [-0.25, -0.2) is 0 Å². The van der Waals surface area contributed by atoms with Gasteiger partial charge in [-0.1, -0.05) is 146 Å². The third-order valence-corrected chi connectivity index (χ3v) is 13.7. The topological polar surface area (TPSA) is 26.0 Å². The molecule has 13 rings (SSSR count). The molecule has 0 saturated carbocycles. The third kappa shape index (κ3) is 5.75. The summed E-state index contributed by atoms with van der Waals surface area (Å²) in [6.45, 7) is 0. The zero-order valence-corrected chi connectivity index (χ0v) is 36.0. The minimum absolute atomic E-state index is 0.538. The van der Waals surface area contributed by atoms with Crippen LogP contribution in [0.15, 0.2) is 255 Å². The van der Waals surface area contributed by atoms with E-state index in [1.807, 2.05) is 18.3 Å². The summed E-state index contributed by atoms with van der Waals surface area (Å²) in [4.78, 5) is 7.13. The molecular formula is C62H42N4. The van der Waals surface area contributed by atoms with Crippen LogP contribution in [0, 0.1) is 0 Å². The standard InChI is InChI=1S/C62H42N4/c1-5-17-44(18-6-1)62(45-19-7-2-8-20-45)55-26-14-13-25-51(55)52-34-32-50(42-56(52)62)65(48-30-28-43(29-31-48)57-27-15-16-39-63-57)49-33-35-59-54(41-49)61-53-38-40-64(46-21-9-3-10-22-46)58(53)36-37-60(61)66(59)47-23-11-4-12-24-47/h1-42H. The van der Waals surface area contributed by atoms with E-state index in [1.165, 1.54) is 60.6 Å². The predicted octanol–water partition coefficient (Wildman–Crippen LogP) is 15.6. The molecule has 0 bridgehead atoms. The maximum Gasteiger partial charge on any atom is 0.0714 e. The number of para-hydroxylation sites is 2. The number of anilines is 3. The highest BCUT2D eigenvalue weighted by Gasteiger charge is 2.46. The lowest BCUT2D eigenvalue weighted by molar-refractivity contribution is 0.768. The Bertz CT molecular complexity index is 3690. The van der Waals surface area contributed by atoms with Crippen LogP contribution in [0.3, 0.4) is 0 Å². The highest BCUT2D eigenvalue weighted by Crippen LogP contribution is 2.57. The Morgan fingerprint density at radius 1 is 0.394 bits per heavy atom. The van der Waals surface area contributed by atoms with E-state index in [0.717, 1.165) is 45.2 Å². The number of fused-ring (bicyclic) bond motifs is 8. The Balaban J connectivity index is 1.08. The Morgan fingerprint density at radius 3 is 1.68 bits per heavy atom. The number of rotatable bonds is 8. The van der Waals surface area contributed by atoms with Crippen LogP contribution in [0.25, 0.3) is 66.5 Å². The second-order valence-corrected chi connectivity index (χ2v) is 17.1. The fourth-order valence-corrected chi connectivity index (χ4v) is 10.9. The molecule has 310 valence electrons. The van der Waals surface area contributed by atoms with Gasteiger partial charge in [0.15, 0.2) is 0 Å². The van der Waals surface area contributed by atoms with Gasteiger partial charge in [0.25, 0.3) is 0 Å².